The molecule has 47 valence electrons. The number of hydrogen-bond donors (Lipinski definition) is 0. The second kappa shape index (κ2) is 32.5. The fourth-order valence-electron chi connectivity index (χ4n) is 0. The molecule has 0 aromatic heterocycles. The van der Waals surface area contributed by atoms with Gasteiger partial charge < -0.3 is 13.8 Å². The molecule has 0 atom stereocenters. The molecule has 0 saturated heterocycles. The van der Waals surface area contributed by atoms with Crippen molar-refractivity contribution in [1.29, 1.82) is 0 Å². The molecular formula is C6H12Ir-2. The van der Waals surface area contributed by atoms with Gasteiger partial charge in [0, 0.05) is 20.1 Å². The smallest absolute Gasteiger partial charge is 0 e. The van der Waals surface area contributed by atoms with E-state index in [0.29, 0.717) is 0 Å². The maximum Gasteiger partial charge on any atom is 0 e. The van der Waals surface area contributed by atoms with Gasteiger partial charge in [0.1, 0.15) is 0 Å². The first-order valence-electron chi connectivity index (χ1n) is 2.00. The van der Waals surface area contributed by atoms with Crippen molar-refractivity contribution in [3.8, 4) is 0 Å². The van der Waals surface area contributed by atoms with Gasteiger partial charge >= 0.3 is 0 Å². The first kappa shape index (κ1) is 15.7. The molecule has 0 saturated carbocycles. The number of unbranched alkanes of at least 4 members (excludes halogenated alkanes) is 1. The minimum atomic E-state index is 0. The average molecular weight is 276 g/mol. The zero-order valence-electron chi connectivity index (χ0n) is 4.58. The average Bonchev–Trinajstić information content (AvgIpc) is 1.72. The van der Waals surface area contributed by atoms with Crippen molar-refractivity contribution in [3.05, 3.63) is 27.0 Å². The molecule has 0 aliphatic rings. The van der Waals surface area contributed by atoms with E-state index in [2.05, 4.69) is 27.0 Å². The van der Waals surface area contributed by atoms with Crippen molar-refractivity contribution in [3.63, 3.8) is 0 Å². The van der Waals surface area contributed by atoms with Crippen LogP contribution in [0.5, 0.6) is 0 Å². The summed E-state index contributed by atoms with van der Waals surface area (Å²) in [6.07, 6.45) is 1.92. The van der Waals surface area contributed by atoms with Crippen LogP contribution in [0.25, 0.3) is 0 Å². The monoisotopic (exact) mass is 277 g/mol. The normalized spacial score (nSPS) is 4.86. The fourth-order valence-corrected chi connectivity index (χ4v) is 0. The quantitative estimate of drug-likeness (QED) is 0.509. The van der Waals surface area contributed by atoms with E-state index < -0.39 is 0 Å². The van der Waals surface area contributed by atoms with Crippen LogP contribution in [0, 0.1) is 13.8 Å². The summed E-state index contributed by atoms with van der Waals surface area (Å²) >= 11 is 0. The van der Waals surface area contributed by atoms with Crippen molar-refractivity contribution in [2.45, 2.75) is 12.8 Å². The molecule has 0 bridgehead atoms. The molecule has 0 aliphatic heterocycles. The Morgan fingerprint density at radius 2 is 1.14 bits per heavy atom. The van der Waals surface area contributed by atoms with E-state index in [1.807, 2.05) is 0 Å². The molecule has 0 fully saturated rings. The van der Waals surface area contributed by atoms with Gasteiger partial charge in [0.2, 0.25) is 0 Å². The minimum absolute atomic E-state index is 0. The third kappa shape index (κ3) is 63.8. The van der Waals surface area contributed by atoms with Crippen molar-refractivity contribution in [2.75, 3.05) is 0 Å². The summed E-state index contributed by atoms with van der Waals surface area (Å²) in [5.74, 6) is 0. The van der Waals surface area contributed by atoms with Crippen molar-refractivity contribution in [1.82, 2.24) is 0 Å². The predicted molar refractivity (Wildman–Crippen MR) is 31.2 cm³/mol. The van der Waals surface area contributed by atoms with Crippen LogP contribution >= 0.6 is 0 Å². The third-order valence-electron chi connectivity index (χ3n) is 0.250. The molecule has 0 rings (SSSR count). The number of rotatable bonds is 1. The summed E-state index contributed by atoms with van der Waals surface area (Å²) in [5.41, 5.74) is 0. The second-order valence-corrected chi connectivity index (χ2v) is 0.707. The Morgan fingerprint density at radius 3 is 1.14 bits per heavy atom. The molecule has 0 aromatic carbocycles. The third-order valence-corrected chi connectivity index (χ3v) is 0.250. The van der Waals surface area contributed by atoms with Gasteiger partial charge in [0.15, 0.2) is 0 Å². The van der Waals surface area contributed by atoms with E-state index in [-0.39, 0.29) is 20.1 Å². The number of hydrogen-bond acceptors (Lipinski definition) is 0. The fraction of sp³-hybridized carbons (Fsp3) is 0.333. The maximum absolute atomic E-state index is 3.54. The van der Waals surface area contributed by atoms with Crippen molar-refractivity contribution in [2.24, 2.45) is 0 Å². The predicted octanol–water partition coefficient (Wildman–Crippen LogP) is 2.23. The molecule has 0 aliphatic carbocycles. The van der Waals surface area contributed by atoms with E-state index >= 15 is 0 Å². The topological polar surface area (TPSA) is 0 Å². The standard InChI is InChI=1S/C4H8.C2H4.Ir/c1-3-4-2;1-2;/h1-4H2;1-2H2;/q-2;;. The first-order chi connectivity index (χ1) is 2.91. The van der Waals surface area contributed by atoms with Gasteiger partial charge in [-0.05, 0) is 0 Å². The summed E-state index contributed by atoms with van der Waals surface area (Å²) in [4.78, 5) is 0. The molecule has 1 radical (unpaired) electrons. The summed E-state index contributed by atoms with van der Waals surface area (Å²) < 4.78 is 0. The molecule has 0 spiro atoms. The van der Waals surface area contributed by atoms with E-state index in [1.54, 1.807) is 0 Å². The Labute approximate surface area is 60.4 Å². The Morgan fingerprint density at radius 1 is 1.00 bits per heavy atom. The summed E-state index contributed by atoms with van der Waals surface area (Å²) in [7, 11) is 0. The molecule has 0 heterocycles. The SMILES string of the molecule is C=C.[CH2-]CC[CH2-].[Ir]. The van der Waals surface area contributed by atoms with Crippen LogP contribution in [0.1, 0.15) is 12.8 Å². The van der Waals surface area contributed by atoms with Gasteiger partial charge in [-0.25, -0.2) is 12.8 Å². The minimum Gasteiger partial charge on any atom is -0.346 e. The van der Waals surface area contributed by atoms with Gasteiger partial charge in [-0.3, -0.25) is 0 Å². The molecule has 0 aromatic rings. The summed E-state index contributed by atoms with van der Waals surface area (Å²) in [6.45, 7) is 13.1. The Kier molecular flexibility index (Phi) is 72.7. The van der Waals surface area contributed by atoms with E-state index in [0.717, 1.165) is 12.8 Å². The van der Waals surface area contributed by atoms with Gasteiger partial charge in [-0.2, -0.15) is 0 Å². The molecule has 7 heavy (non-hydrogen) atoms. The Hall–Kier alpha value is 0.389. The van der Waals surface area contributed by atoms with E-state index in [4.69, 9.17) is 0 Å². The largest absolute Gasteiger partial charge is 0.346 e. The molecule has 0 unspecified atom stereocenters. The van der Waals surface area contributed by atoms with E-state index in [1.165, 1.54) is 0 Å². The molecular weight excluding hydrogens is 264 g/mol. The van der Waals surface area contributed by atoms with Crippen molar-refractivity contribution >= 4 is 0 Å². The zero-order valence-corrected chi connectivity index (χ0v) is 6.97. The molecule has 0 nitrogen and oxygen atoms in total. The van der Waals surface area contributed by atoms with Crippen LogP contribution in [-0.4, -0.2) is 0 Å². The van der Waals surface area contributed by atoms with Gasteiger partial charge in [0.25, 0.3) is 0 Å². The molecule has 1 heteroatoms. The maximum atomic E-state index is 3.54. The van der Waals surface area contributed by atoms with Gasteiger partial charge in [-0.1, -0.05) is 0 Å². The van der Waals surface area contributed by atoms with Crippen LogP contribution in [-0.2, 0) is 20.1 Å². The Bertz CT molecular complexity index is 11.7. The summed E-state index contributed by atoms with van der Waals surface area (Å²) in [6, 6.07) is 0. The Balaban J connectivity index is -0.0000000480. The van der Waals surface area contributed by atoms with E-state index in [9.17, 15) is 0 Å². The second-order valence-electron chi connectivity index (χ2n) is 0.707. The van der Waals surface area contributed by atoms with Crippen LogP contribution in [0.4, 0.5) is 0 Å². The zero-order chi connectivity index (χ0) is 5.41. The molecule has 0 N–H and O–H groups in total. The first-order valence-corrected chi connectivity index (χ1v) is 2.00. The van der Waals surface area contributed by atoms with Gasteiger partial charge in [-0.15, -0.1) is 13.2 Å². The van der Waals surface area contributed by atoms with Crippen LogP contribution < -0.4 is 0 Å². The van der Waals surface area contributed by atoms with Crippen LogP contribution in [0.15, 0.2) is 13.2 Å². The van der Waals surface area contributed by atoms with Crippen molar-refractivity contribution < 1.29 is 20.1 Å². The molecule has 0 amide bonds. The van der Waals surface area contributed by atoms with Crippen LogP contribution in [0.2, 0.25) is 0 Å². The summed E-state index contributed by atoms with van der Waals surface area (Å²) in [5, 5.41) is 0. The van der Waals surface area contributed by atoms with Crippen LogP contribution in [0.3, 0.4) is 0 Å². The van der Waals surface area contributed by atoms with Gasteiger partial charge in [0.05, 0.1) is 0 Å².